The Morgan fingerprint density at radius 2 is 0.891 bits per heavy atom. The maximum Gasteiger partial charge on any atom is 0.179 e. The largest absolute Gasteiger partial charge is 0.309 e. The SMILES string of the molecule is [2H]c1c([2H])c([2H])c2c(sc3c(-n4c5ccccc5c5ccccc54)c([2H])c4c5c([2H])c([2H])c([2H])c([2H])c5n(-c5ccc([Si](c6ccccc6)(c6ccccc6)c6ccc(-c7ccccc7)cc6)cc5)c4c32)c1[2H]. The normalized spacial score (nSPS) is 14.0. The van der Waals surface area contributed by atoms with Crippen LogP contribution in [0.3, 0.4) is 0 Å². The minimum atomic E-state index is -3.11. The molecule has 0 N–H and O–H groups in total. The summed E-state index contributed by atoms with van der Waals surface area (Å²) in [6.45, 7) is 0. The van der Waals surface area contributed by atoms with Crippen LogP contribution in [0.25, 0.3) is 86.3 Å². The van der Waals surface area contributed by atoms with Gasteiger partial charge in [-0.15, -0.1) is 11.3 Å². The first-order valence-corrected chi connectivity index (χ1v) is 24.1. The van der Waals surface area contributed by atoms with Gasteiger partial charge in [-0.3, -0.25) is 0 Å². The van der Waals surface area contributed by atoms with E-state index in [0.29, 0.717) is 31.7 Å². The Morgan fingerprint density at radius 1 is 0.391 bits per heavy atom. The van der Waals surface area contributed by atoms with E-state index in [9.17, 15) is 6.85 Å². The van der Waals surface area contributed by atoms with Gasteiger partial charge in [-0.2, -0.15) is 0 Å². The minimum absolute atomic E-state index is 0.000234. The molecule has 13 aromatic rings. The Balaban J connectivity index is 1.17. The van der Waals surface area contributed by atoms with Gasteiger partial charge in [0.2, 0.25) is 0 Å². The summed E-state index contributed by atoms with van der Waals surface area (Å²) in [5.41, 5.74) is 5.32. The van der Waals surface area contributed by atoms with Gasteiger partial charge in [-0.25, -0.2) is 0 Å². The summed E-state index contributed by atoms with van der Waals surface area (Å²) in [5.74, 6) is 0. The van der Waals surface area contributed by atoms with Crippen molar-refractivity contribution in [3.63, 3.8) is 0 Å². The summed E-state index contributed by atoms with van der Waals surface area (Å²) < 4.78 is 89.2. The van der Waals surface area contributed by atoms with Crippen molar-refractivity contribution in [1.29, 1.82) is 0 Å². The van der Waals surface area contributed by atoms with E-state index in [1.54, 1.807) is 4.57 Å². The topological polar surface area (TPSA) is 9.86 Å². The van der Waals surface area contributed by atoms with E-state index in [1.165, 1.54) is 26.9 Å². The Labute approximate surface area is 388 Å². The van der Waals surface area contributed by atoms with E-state index in [1.807, 2.05) is 95.6 Å². The molecule has 0 fully saturated rings. The van der Waals surface area contributed by atoms with Crippen LogP contribution in [0.5, 0.6) is 0 Å². The summed E-state index contributed by atoms with van der Waals surface area (Å²) in [4.78, 5) is 0. The van der Waals surface area contributed by atoms with Crippen molar-refractivity contribution < 1.29 is 12.3 Å². The number of hydrogen-bond acceptors (Lipinski definition) is 1. The zero-order valence-corrected chi connectivity index (χ0v) is 36.0. The van der Waals surface area contributed by atoms with Crippen LogP contribution >= 0.6 is 11.3 Å². The monoisotopic (exact) mass is 857 g/mol. The number of rotatable bonds is 7. The van der Waals surface area contributed by atoms with E-state index < -0.39 is 26.2 Å². The highest BCUT2D eigenvalue weighted by molar-refractivity contribution is 7.26. The Bertz CT molecular complexity index is 4310. The number of para-hydroxylation sites is 3. The van der Waals surface area contributed by atoms with Crippen LogP contribution in [0.1, 0.15) is 12.3 Å². The van der Waals surface area contributed by atoms with E-state index in [4.69, 9.17) is 5.48 Å². The molecule has 4 heteroatoms. The lowest BCUT2D eigenvalue weighted by Gasteiger charge is -2.34. The fraction of sp³-hybridized carbons (Fsp3) is 0. The fourth-order valence-electron chi connectivity index (χ4n) is 10.1. The van der Waals surface area contributed by atoms with Crippen molar-refractivity contribution in [2.24, 2.45) is 0 Å². The van der Waals surface area contributed by atoms with Crippen LogP contribution in [-0.4, -0.2) is 17.2 Å². The lowest BCUT2D eigenvalue weighted by atomic mass is 10.1. The summed E-state index contributed by atoms with van der Waals surface area (Å²) in [6.07, 6.45) is 0. The smallest absolute Gasteiger partial charge is 0.179 e. The fourth-order valence-corrected chi connectivity index (χ4v) is 15.9. The lowest BCUT2D eigenvalue weighted by Crippen LogP contribution is -2.74. The number of hydrogen-bond donors (Lipinski definition) is 0. The van der Waals surface area contributed by atoms with E-state index in [2.05, 4.69) is 97.1 Å². The van der Waals surface area contributed by atoms with E-state index in [0.717, 1.165) is 38.1 Å². The summed E-state index contributed by atoms with van der Waals surface area (Å²) in [6, 6.07) is 61.7. The highest BCUT2D eigenvalue weighted by atomic mass is 32.1. The molecule has 300 valence electrons. The van der Waals surface area contributed by atoms with E-state index >= 15 is 0 Å². The first-order valence-electron chi connectivity index (χ1n) is 25.8. The maximum atomic E-state index is 10.5. The van der Waals surface area contributed by atoms with Crippen molar-refractivity contribution >= 4 is 104 Å². The van der Waals surface area contributed by atoms with E-state index in [-0.39, 0.29) is 57.9 Å². The maximum absolute atomic E-state index is 10.5. The molecule has 0 atom stereocenters. The predicted molar refractivity (Wildman–Crippen MR) is 277 cm³/mol. The zero-order chi connectivity index (χ0) is 50.0. The van der Waals surface area contributed by atoms with Gasteiger partial charge in [0.05, 0.1) is 44.8 Å². The van der Waals surface area contributed by atoms with Crippen LogP contribution in [0.2, 0.25) is 0 Å². The number of nitrogens with zero attached hydrogens (tertiary/aromatic N) is 2. The minimum Gasteiger partial charge on any atom is -0.309 e. The third-order valence-corrected chi connectivity index (χ3v) is 18.7. The van der Waals surface area contributed by atoms with Gasteiger partial charge < -0.3 is 9.13 Å². The second-order valence-electron chi connectivity index (χ2n) is 16.1. The molecule has 0 aliphatic rings. The first kappa shape index (κ1) is 28.8. The van der Waals surface area contributed by atoms with Gasteiger partial charge in [0.25, 0.3) is 0 Å². The summed E-state index contributed by atoms with van der Waals surface area (Å²) in [5, 5.41) is 7.55. The van der Waals surface area contributed by atoms with Crippen LogP contribution in [0.15, 0.2) is 242 Å². The number of thiophene rings is 1. The van der Waals surface area contributed by atoms with Crippen LogP contribution in [0.4, 0.5) is 0 Å². The molecule has 3 heterocycles. The molecule has 2 nitrogen and oxygen atoms in total. The van der Waals surface area contributed by atoms with Gasteiger partial charge in [0.1, 0.15) is 0 Å². The van der Waals surface area contributed by atoms with Crippen LogP contribution < -0.4 is 20.7 Å². The average Bonchev–Trinajstić information content (AvgIpc) is 4.13. The molecular weight excluding hydrogens is 809 g/mol. The second-order valence-corrected chi connectivity index (χ2v) is 20.9. The molecule has 0 aliphatic carbocycles. The van der Waals surface area contributed by atoms with Crippen LogP contribution in [0, 0.1) is 0 Å². The third-order valence-electron chi connectivity index (χ3n) is 12.8. The van der Waals surface area contributed by atoms with Gasteiger partial charge in [-0.05, 0) is 74.3 Å². The molecule has 13 rings (SSSR count). The zero-order valence-electron chi connectivity index (χ0n) is 43.2. The molecule has 0 bridgehead atoms. The van der Waals surface area contributed by atoms with Crippen LogP contribution in [-0.2, 0) is 0 Å². The molecule has 0 saturated heterocycles. The first-order chi connectivity index (χ1) is 35.5. The molecule has 3 aromatic heterocycles. The Kier molecular flexibility index (Phi) is 6.59. The van der Waals surface area contributed by atoms with Crippen molar-refractivity contribution in [1.82, 2.24) is 9.13 Å². The third kappa shape index (κ3) is 5.43. The predicted octanol–water partition coefficient (Wildman–Crippen LogP) is 13.3. The quantitative estimate of drug-likeness (QED) is 0.112. The van der Waals surface area contributed by atoms with Crippen molar-refractivity contribution in [3.05, 3.63) is 242 Å². The summed E-state index contributed by atoms with van der Waals surface area (Å²) >= 11 is 1.20. The van der Waals surface area contributed by atoms with Crippen molar-refractivity contribution in [2.75, 3.05) is 0 Å². The number of fused-ring (bicyclic) bond motifs is 10. The molecule has 10 aromatic carbocycles. The van der Waals surface area contributed by atoms with Gasteiger partial charge >= 0.3 is 0 Å². The molecule has 0 unspecified atom stereocenters. The Morgan fingerprint density at radius 3 is 1.53 bits per heavy atom. The second kappa shape index (κ2) is 14.7. The van der Waals surface area contributed by atoms with Gasteiger partial charge in [0.15, 0.2) is 8.07 Å². The average molecular weight is 858 g/mol. The standard InChI is InChI=1S/C60H40N2SSi/c1-4-18-41(19-5-1)42-32-36-46(37-33-42)64(44-20-6-2-7-21-44,45-22-8-3-9-23-45)47-38-34-43(35-39-47)61-53-28-14-12-26-50(53)52-40-56(60-58(59(52)61)51-27-13-17-31-57(51)63-60)62-54-29-15-10-24-48(54)49-25-11-16-30-55(49)62/h1-40H/i12D,13D,14D,17D,26D,27D,28D,31D,40D. The highest BCUT2D eigenvalue weighted by Crippen LogP contribution is 2.47. The van der Waals surface area contributed by atoms with Gasteiger partial charge in [0, 0.05) is 42.7 Å². The molecule has 0 radical (unpaired) electrons. The number of aromatic nitrogens is 2. The Hall–Kier alpha value is -7.76. The lowest BCUT2D eigenvalue weighted by molar-refractivity contribution is 1.18. The molecule has 0 aliphatic heterocycles. The van der Waals surface area contributed by atoms with Crippen molar-refractivity contribution in [2.45, 2.75) is 0 Å². The summed E-state index contributed by atoms with van der Waals surface area (Å²) in [7, 11) is -3.11. The molecular formula is C60H40N2SSi. The molecule has 64 heavy (non-hydrogen) atoms. The van der Waals surface area contributed by atoms with Gasteiger partial charge in [-0.1, -0.05) is 200 Å². The highest BCUT2D eigenvalue weighted by Gasteiger charge is 2.41. The van der Waals surface area contributed by atoms with Crippen molar-refractivity contribution in [3.8, 4) is 22.5 Å². The number of benzene rings is 10. The molecule has 0 amide bonds. The molecule has 0 spiro atoms. The molecule has 0 saturated carbocycles.